The number of halogens is 3. The van der Waals surface area contributed by atoms with Crippen molar-refractivity contribution in [3.63, 3.8) is 0 Å². The molecular formula is C23H24F3KN7+. The number of hydrogen-bond donors (Lipinski definition) is 5. The summed E-state index contributed by atoms with van der Waals surface area (Å²) < 4.78 is 39.8. The van der Waals surface area contributed by atoms with Crippen LogP contribution in [0.4, 0.5) is 19.0 Å². The number of aryl methyl sites for hydroxylation is 1. The minimum absolute atomic E-state index is 0. The van der Waals surface area contributed by atoms with E-state index in [9.17, 15) is 13.2 Å². The zero-order chi connectivity index (χ0) is 22.8. The van der Waals surface area contributed by atoms with Crippen LogP contribution in [0.3, 0.4) is 0 Å². The summed E-state index contributed by atoms with van der Waals surface area (Å²) >= 11 is 0. The van der Waals surface area contributed by atoms with Gasteiger partial charge in [-0.15, -0.1) is 0 Å². The first kappa shape index (κ1) is 25.7. The van der Waals surface area contributed by atoms with Crippen LogP contribution in [0.1, 0.15) is 47.2 Å². The van der Waals surface area contributed by atoms with Gasteiger partial charge in [-0.25, -0.2) is 20.8 Å². The molecule has 2 aromatic carbocycles. The second kappa shape index (κ2) is 11.1. The quantitative estimate of drug-likeness (QED) is 0.335. The van der Waals surface area contributed by atoms with Crippen molar-refractivity contribution in [2.75, 3.05) is 5.32 Å². The SMILES string of the molecule is FC(F)(F)c1nc2c(c(NCc3ccc(-c4ccccc4C4NNNN4)cc3)n1)CCCC2.[K+]. The normalized spacial score (nSPS) is 16.1. The average Bonchev–Trinajstić information content (AvgIpc) is 3.37. The number of nitrogens with one attached hydrogen (secondary N) is 5. The molecule has 0 bridgehead atoms. The van der Waals surface area contributed by atoms with Crippen LogP contribution >= 0.6 is 0 Å². The first-order chi connectivity index (χ1) is 16.0. The molecule has 172 valence electrons. The fourth-order valence-corrected chi connectivity index (χ4v) is 4.27. The van der Waals surface area contributed by atoms with E-state index in [0.29, 0.717) is 30.9 Å². The van der Waals surface area contributed by atoms with Crippen molar-refractivity contribution in [3.8, 4) is 11.1 Å². The number of rotatable bonds is 5. The van der Waals surface area contributed by atoms with Crippen LogP contribution in [0.15, 0.2) is 48.5 Å². The minimum atomic E-state index is -4.56. The maximum absolute atomic E-state index is 13.3. The summed E-state index contributed by atoms with van der Waals surface area (Å²) in [6.07, 6.45) is -1.62. The first-order valence-corrected chi connectivity index (χ1v) is 10.9. The molecule has 0 unspecified atom stereocenters. The molecule has 11 heteroatoms. The van der Waals surface area contributed by atoms with Gasteiger partial charge in [0.05, 0.1) is 0 Å². The Morgan fingerprint density at radius 2 is 1.62 bits per heavy atom. The van der Waals surface area contributed by atoms with Gasteiger partial charge in [0.2, 0.25) is 5.82 Å². The molecule has 1 aliphatic heterocycles. The van der Waals surface area contributed by atoms with Crippen molar-refractivity contribution in [1.29, 1.82) is 0 Å². The van der Waals surface area contributed by atoms with E-state index in [4.69, 9.17) is 0 Å². The second-order valence-electron chi connectivity index (χ2n) is 8.14. The number of hydrogen-bond acceptors (Lipinski definition) is 7. The predicted molar refractivity (Wildman–Crippen MR) is 118 cm³/mol. The molecule has 1 aromatic heterocycles. The van der Waals surface area contributed by atoms with E-state index >= 15 is 0 Å². The molecule has 34 heavy (non-hydrogen) atoms. The number of nitrogens with zero attached hydrogens (tertiary/aromatic N) is 2. The van der Waals surface area contributed by atoms with Gasteiger partial charge < -0.3 is 5.32 Å². The van der Waals surface area contributed by atoms with E-state index in [1.54, 1.807) is 0 Å². The largest absolute Gasteiger partial charge is 1.00 e. The molecule has 0 spiro atoms. The number of aromatic nitrogens is 2. The van der Waals surface area contributed by atoms with Gasteiger partial charge in [-0.2, -0.15) is 24.2 Å². The van der Waals surface area contributed by atoms with E-state index < -0.39 is 12.0 Å². The smallest absolute Gasteiger partial charge is 0.366 e. The third-order valence-electron chi connectivity index (χ3n) is 5.93. The van der Waals surface area contributed by atoms with Crippen LogP contribution < -0.4 is 78.6 Å². The van der Waals surface area contributed by atoms with E-state index in [1.807, 2.05) is 42.5 Å². The van der Waals surface area contributed by atoms with Crippen LogP contribution in [-0.2, 0) is 25.6 Å². The van der Waals surface area contributed by atoms with Crippen molar-refractivity contribution in [3.05, 3.63) is 76.7 Å². The Bertz CT molecular complexity index is 1130. The van der Waals surface area contributed by atoms with E-state index in [-0.39, 0.29) is 57.6 Å². The zero-order valence-electron chi connectivity index (χ0n) is 18.8. The molecule has 0 radical (unpaired) electrons. The summed E-state index contributed by atoms with van der Waals surface area (Å²) in [5, 5.41) is 3.13. The fraction of sp³-hybridized carbons (Fsp3) is 0.304. The Morgan fingerprint density at radius 3 is 2.35 bits per heavy atom. The summed E-state index contributed by atoms with van der Waals surface area (Å²) in [4.78, 5) is 7.61. The third-order valence-corrected chi connectivity index (χ3v) is 5.93. The molecule has 0 saturated carbocycles. The number of fused-ring (bicyclic) bond motifs is 1. The number of alkyl halides is 3. The molecule has 2 heterocycles. The van der Waals surface area contributed by atoms with Crippen molar-refractivity contribution >= 4 is 5.82 Å². The topological polar surface area (TPSA) is 85.9 Å². The Balaban J connectivity index is 0.00000274. The molecule has 1 saturated heterocycles. The predicted octanol–water partition coefficient (Wildman–Crippen LogP) is 0.773. The fourth-order valence-electron chi connectivity index (χ4n) is 4.27. The van der Waals surface area contributed by atoms with Gasteiger partial charge in [-0.3, -0.25) is 0 Å². The molecule has 0 atom stereocenters. The average molecular weight is 495 g/mol. The van der Waals surface area contributed by atoms with Gasteiger partial charge in [-0.05, 0) is 47.9 Å². The Labute approximate surface area is 238 Å². The van der Waals surface area contributed by atoms with Crippen molar-refractivity contribution in [2.24, 2.45) is 0 Å². The number of anilines is 1. The summed E-state index contributed by atoms with van der Waals surface area (Å²) in [6, 6.07) is 16.0. The molecule has 1 fully saturated rings. The van der Waals surface area contributed by atoms with Crippen molar-refractivity contribution in [1.82, 2.24) is 31.9 Å². The van der Waals surface area contributed by atoms with Gasteiger partial charge in [0.15, 0.2) is 0 Å². The number of benzene rings is 2. The first-order valence-electron chi connectivity index (χ1n) is 10.9. The summed E-state index contributed by atoms with van der Waals surface area (Å²) in [5.41, 5.74) is 17.3. The Kier molecular flexibility index (Phi) is 8.38. The molecule has 2 aliphatic rings. The maximum Gasteiger partial charge on any atom is 1.00 e. The van der Waals surface area contributed by atoms with Crippen molar-refractivity contribution in [2.45, 2.75) is 44.6 Å². The molecule has 5 N–H and O–H groups in total. The van der Waals surface area contributed by atoms with E-state index in [1.165, 1.54) is 0 Å². The second-order valence-corrected chi connectivity index (χ2v) is 8.14. The van der Waals surface area contributed by atoms with Crippen LogP contribution in [0, 0.1) is 0 Å². The molecular weight excluding hydrogens is 470 g/mol. The van der Waals surface area contributed by atoms with Crippen molar-refractivity contribution < 1.29 is 64.6 Å². The maximum atomic E-state index is 13.3. The molecule has 1 aliphatic carbocycles. The van der Waals surface area contributed by atoms with Gasteiger partial charge in [0.25, 0.3) is 0 Å². The van der Waals surface area contributed by atoms with Crippen LogP contribution in [0.2, 0.25) is 0 Å². The van der Waals surface area contributed by atoms with Gasteiger partial charge in [0.1, 0.15) is 12.0 Å². The van der Waals surface area contributed by atoms with Gasteiger partial charge in [-0.1, -0.05) is 48.5 Å². The minimum Gasteiger partial charge on any atom is -0.366 e. The van der Waals surface area contributed by atoms with Crippen LogP contribution in [-0.4, -0.2) is 9.97 Å². The van der Waals surface area contributed by atoms with E-state index in [0.717, 1.165) is 40.7 Å². The van der Waals surface area contributed by atoms with Gasteiger partial charge in [0, 0.05) is 17.8 Å². The van der Waals surface area contributed by atoms with Gasteiger partial charge >= 0.3 is 57.6 Å². The molecule has 3 aromatic rings. The van der Waals surface area contributed by atoms with Crippen LogP contribution in [0.5, 0.6) is 0 Å². The zero-order valence-corrected chi connectivity index (χ0v) is 21.9. The molecule has 0 amide bonds. The summed E-state index contributed by atoms with van der Waals surface area (Å²) in [7, 11) is 0. The Morgan fingerprint density at radius 1 is 0.912 bits per heavy atom. The number of hydrazine groups is 3. The Hall–Kier alpha value is -1.41. The molecule has 5 rings (SSSR count). The van der Waals surface area contributed by atoms with Crippen LogP contribution in [0.25, 0.3) is 11.1 Å². The monoisotopic (exact) mass is 494 g/mol. The molecule has 7 nitrogen and oxygen atoms in total. The third kappa shape index (κ3) is 5.69. The standard InChI is InChI=1S/C23H24F3N7.K/c24-23(25,26)22-28-19-8-4-3-7-18(19)20(29-22)27-13-14-9-11-15(12-10-14)16-5-1-2-6-17(16)21-30-32-33-31-21;/h1-2,5-6,9-12,21,30-33H,3-4,7-8,13H2,(H,27,28,29);/q;+1. The summed E-state index contributed by atoms with van der Waals surface area (Å²) in [6.45, 7) is 0.377. The van der Waals surface area contributed by atoms with E-state index in [2.05, 4.69) is 43.3 Å². The summed E-state index contributed by atoms with van der Waals surface area (Å²) in [5.74, 6) is -0.782.